The SMILES string of the molecule is Cn1nc(C(=O)N2CCSCC2)cc1NC(=O)c1cccs1. The highest BCUT2D eigenvalue weighted by atomic mass is 32.2. The second-order valence-electron chi connectivity index (χ2n) is 4.87. The molecular formula is C14H16N4O2S2. The monoisotopic (exact) mass is 336 g/mol. The third-order valence-electron chi connectivity index (χ3n) is 3.38. The molecule has 22 heavy (non-hydrogen) atoms. The zero-order valence-corrected chi connectivity index (χ0v) is 13.7. The fourth-order valence-electron chi connectivity index (χ4n) is 2.20. The van der Waals surface area contributed by atoms with Crippen molar-refractivity contribution in [2.24, 2.45) is 7.05 Å². The second-order valence-corrected chi connectivity index (χ2v) is 7.05. The number of thioether (sulfide) groups is 1. The van der Waals surface area contributed by atoms with E-state index in [1.54, 1.807) is 19.2 Å². The molecule has 3 heterocycles. The molecule has 1 aliphatic heterocycles. The first-order chi connectivity index (χ1) is 10.6. The minimum Gasteiger partial charge on any atom is -0.336 e. The number of carbonyl (C=O) groups is 2. The normalized spacial score (nSPS) is 14.9. The van der Waals surface area contributed by atoms with Gasteiger partial charge in [-0.3, -0.25) is 14.3 Å². The highest BCUT2D eigenvalue weighted by molar-refractivity contribution is 7.99. The zero-order chi connectivity index (χ0) is 15.5. The number of amides is 2. The van der Waals surface area contributed by atoms with E-state index >= 15 is 0 Å². The van der Waals surface area contributed by atoms with Crippen LogP contribution in [0.2, 0.25) is 0 Å². The summed E-state index contributed by atoms with van der Waals surface area (Å²) in [6, 6.07) is 5.22. The van der Waals surface area contributed by atoms with E-state index in [0.717, 1.165) is 24.6 Å². The van der Waals surface area contributed by atoms with Crippen molar-refractivity contribution < 1.29 is 9.59 Å². The van der Waals surface area contributed by atoms with Crippen molar-refractivity contribution in [3.8, 4) is 0 Å². The van der Waals surface area contributed by atoms with Crippen LogP contribution >= 0.6 is 23.1 Å². The van der Waals surface area contributed by atoms with Crippen molar-refractivity contribution in [3.05, 3.63) is 34.2 Å². The first-order valence-electron chi connectivity index (χ1n) is 6.91. The molecule has 0 aliphatic carbocycles. The molecule has 0 saturated carbocycles. The van der Waals surface area contributed by atoms with Gasteiger partial charge in [-0.15, -0.1) is 11.3 Å². The Hall–Kier alpha value is -1.80. The van der Waals surface area contributed by atoms with Gasteiger partial charge in [0, 0.05) is 37.7 Å². The highest BCUT2D eigenvalue weighted by Crippen LogP contribution is 2.17. The Kier molecular flexibility index (Phi) is 4.49. The Labute approximate surface area is 136 Å². The van der Waals surface area contributed by atoms with Crippen LogP contribution in [0, 0.1) is 0 Å². The average Bonchev–Trinajstić information content (AvgIpc) is 3.18. The summed E-state index contributed by atoms with van der Waals surface area (Å²) in [5.74, 6) is 2.17. The number of nitrogens with one attached hydrogen (secondary N) is 1. The van der Waals surface area contributed by atoms with Crippen LogP contribution < -0.4 is 5.32 Å². The molecule has 2 aromatic rings. The summed E-state index contributed by atoms with van der Waals surface area (Å²) in [7, 11) is 1.72. The fraction of sp³-hybridized carbons (Fsp3) is 0.357. The van der Waals surface area contributed by atoms with E-state index < -0.39 is 0 Å². The van der Waals surface area contributed by atoms with Gasteiger partial charge < -0.3 is 10.2 Å². The summed E-state index contributed by atoms with van der Waals surface area (Å²) >= 11 is 3.22. The molecule has 0 unspecified atom stereocenters. The van der Waals surface area contributed by atoms with Crippen LogP contribution in [0.5, 0.6) is 0 Å². The maximum absolute atomic E-state index is 12.4. The summed E-state index contributed by atoms with van der Waals surface area (Å²) in [5, 5.41) is 8.86. The van der Waals surface area contributed by atoms with Gasteiger partial charge in [0.05, 0.1) is 4.88 Å². The third kappa shape index (κ3) is 3.17. The van der Waals surface area contributed by atoms with Gasteiger partial charge in [0.25, 0.3) is 11.8 Å². The number of thiophene rings is 1. The van der Waals surface area contributed by atoms with Crippen molar-refractivity contribution in [1.82, 2.24) is 14.7 Å². The Balaban J connectivity index is 1.73. The van der Waals surface area contributed by atoms with Crippen LogP contribution in [0.25, 0.3) is 0 Å². The number of aromatic nitrogens is 2. The minimum absolute atomic E-state index is 0.0764. The Morgan fingerprint density at radius 3 is 2.77 bits per heavy atom. The van der Waals surface area contributed by atoms with Crippen LogP contribution in [0.4, 0.5) is 5.82 Å². The lowest BCUT2D eigenvalue weighted by molar-refractivity contribution is 0.0765. The number of hydrogen-bond donors (Lipinski definition) is 1. The number of hydrogen-bond acceptors (Lipinski definition) is 5. The number of rotatable bonds is 3. The minimum atomic E-state index is -0.189. The summed E-state index contributed by atoms with van der Waals surface area (Å²) in [4.78, 5) is 26.9. The largest absolute Gasteiger partial charge is 0.336 e. The first-order valence-corrected chi connectivity index (χ1v) is 8.94. The van der Waals surface area contributed by atoms with Gasteiger partial charge >= 0.3 is 0 Å². The van der Waals surface area contributed by atoms with E-state index in [-0.39, 0.29) is 11.8 Å². The lowest BCUT2D eigenvalue weighted by Gasteiger charge is -2.25. The molecule has 0 aromatic carbocycles. The summed E-state index contributed by atoms with van der Waals surface area (Å²) < 4.78 is 1.53. The van der Waals surface area contributed by atoms with Gasteiger partial charge in [0.1, 0.15) is 5.82 Å². The van der Waals surface area contributed by atoms with Crippen molar-refractivity contribution in [1.29, 1.82) is 0 Å². The van der Waals surface area contributed by atoms with E-state index in [9.17, 15) is 9.59 Å². The third-order valence-corrected chi connectivity index (χ3v) is 5.19. The molecule has 1 fully saturated rings. The number of anilines is 1. The lowest BCUT2D eigenvalue weighted by atomic mass is 10.3. The average molecular weight is 336 g/mol. The van der Waals surface area contributed by atoms with Crippen LogP contribution in [0.1, 0.15) is 20.2 Å². The number of aryl methyl sites for hydroxylation is 1. The molecule has 0 radical (unpaired) electrons. The van der Waals surface area contributed by atoms with E-state index in [2.05, 4.69) is 10.4 Å². The number of nitrogens with zero attached hydrogens (tertiary/aromatic N) is 3. The molecule has 0 bridgehead atoms. The molecule has 1 N–H and O–H groups in total. The van der Waals surface area contributed by atoms with Gasteiger partial charge in [0.2, 0.25) is 0 Å². The van der Waals surface area contributed by atoms with Gasteiger partial charge in [-0.25, -0.2) is 0 Å². The van der Waals surface area contributed by atoms with Crippen LogP contribution in [-0.4, -0.2) is 51.1 Å². The quantitative estimate of drug-likeness (QED) is 0.930. The standard InChI is InChI=1S/C14H16N4O2S2/c1-17-12(15-13(19)11-3-2-6-22-11)9-10(16-17)14(20)18-4-7-21-8-5-18/h2-3,6,9H,4-5,7-8H2,1H3,(H,15,19). The molecule has 6 nitrogen and oxygen atoms in total. The van der Waals surface area contributed by atoms with E-state index in [1.165, 1.54) is 16.0 Å². The molecule has 1 aliphatic rings. The Morgan fingerprint density at radius 1 is 1.32 bits per heavy atom. The topological polar surface area (TPSA) is 67.2 Å². The molecule has 3 rings (SSSR count). The van der Waals surface area contributed by atoms with Crippen LogP contribution in [-0.2, 0) is 7.05 Å². The smallest absolute Gasteiger partial charge is 0.274 e. The predicted molar refractivity (Wildman–Crippen MR) is 88.7 cm³/mol. The molecular weight excluding hydrogens is 320 g/mol. The van der Waals surface area contributed by atoms with Crippen LogP contribution in [0.3, 0.4) is 0 Å². The molecule has 0 spiro atoms. The molecule has 2 aromatic heterocycles. The van der Waals surface area contributed by atoms with Gasteiger partial charge in [-0.05, 0) is 11.4 Å². The molecule has 0 atom stereocenters. The van der Waals surface area contributed by atoms with Crippen molar-refractivity contribution >= 4 is 40.7 Å². The van der Waals surface area contributed by atoms with Gasteiger partial charge in [-0.2, -0.15) is 16.9 Å². The fourth-order valence-corrected chi connectivity index (χ4v) is 3.72. The first kappa shape index (κ1) is 15.1. The lowest BCUT2D eigenvalue weighted by Crippen LogP contribution is -2.38. The van der Waals surface area contributed by atoms with Gasteiger partial charge in [0.15, 0.2) is 5.69 Å². The van der Waals surface area contributed by atoms with Gasteiger partial charge in [-0.1, -0.05) is 6.07 Å². The van der Waals surface area contributed by atoms with Crippen LogP contribution in [0.15, 0.2) is 23.6 Å². The number of carbonyl (C=O) groups excluding carboxylic acids is 2. The Bertz CT molecular complexity index is 675. The maximum atomic E-state index is 12.4. The van der Waals surface area contributed by atoms with Crippen molar-refractivity contribution in [2.75, 3.05) is 29.9 Å². The summed E-state index contributed by atoms with van der Waals surface area (Å²) in [6.45, 7) is 1.49. The summed E-state index contributed by atoms with van der Waals surface area (Å²) in [5.41, 5.74) is 0.371. The molecule has 8 heteroatoms. The molecule has 1 saturated heterocycles. The van der Waals surface area contributed by atoms with E-state index in [4.69, 9.17) is 0 Å². The summed E-state index contributed by atoms with van der Waals surface area (Å²) in [6.07, 6.45) is 0. The van der Waals surface area contributed by atoms with Crippen molar-refractivity contribution in [3.63, 3.8) is 0 Å². The molecule has 116 valence electrons. The Morgan fingerprint density at radius 2 is 2.09 bits per heavy atom. The maximum Gasteiger partial charge on any atom is 0.274 e. The predicted octanol–water partition coefficient (Wildman–Crippen LogP) is 1.92. The molecule has 2 amide bonds. The highest BCUT2D eigenvalue weighted by Gasteiger charge is 2.22. The van der Waals surface area contributed by atoms with E-state index in [0.29, 0.717) is 16.4 Å². The van der Waals surface area contributed by atoms with Crippen molar-refractivity contribution in [2.45, 2.75) is 0 Å². The van der Waals surface area contributed by atoms with E-state index in [1.807, 2.05) is 28.1 Å². The second kappa shape index (κ2) is 6.53. The zero-order valence-electron chi connectivity index (χ0n) is 12.1.